The molecule has 3 aromatic heterocycles. The van der Waals surface area contributed by atoms with E-state index in [1.165, 1.54) is 29.8 Å². The third-order valence-electron chi connectivity index (χ3n) is 9.07. The number of halogens is 1. The van der Waals surface area contributed by atoms with Gasteiger partial charge in [0, 0.05) is 31.1 Å². The topological polar surface area (TPSA) is 175 Å². The lowest BCUT2D eigenvalue weighted by atomic mass is 9.89. The van der Waals surface area contributed by atoms with E-state index >= 15 is 0 Å². The third kappa shape index (κ3) is 5.74. The number of piperidine rings is 2. The first kappa shape index (κ1) is 30.3. The largest absolute Gasteiger partial charge is 0.471 e. The average Bonchev–Trinajstić information content (AvgIpc) is 3.73. The molecule has 4 aromatic rings. The molecule has 1 spiro atoms. The quantitative estimate of drug-likeness (QED) is 0.233. The van der Waals surface area contributed by atoms with Gasteiger partial charge in [-0.05, 0) is 63.9 Å². The minimum atomic E-state index is -0.844. The first-order valence-corrected chi connectivity index (χ1v) is 16.3. The highest BCUT2D eigenvalue weighted by Crippen LogP contribution is 2.38. The van der Waals surface area contributed by atoms with Crippen molar-refractivity contribution in [2.24, 2.45) is 5.73 Å². The fourth-order valence-corrected chi connectivity index (χ4v) is 7.59. The van der Waals surface area contributed by atoms with Crippen LogP contribution < -0.4 is 31.7 Å². The van der Waals surface area contributed by atoms with Crippen LogP contribution in [0.5, 0.6) is 5.88 Å². The first-order chi connectivity index (χ1) is 22.2. The van der Waals surface area contributed by atoms with E-state index in [0.717, 1.165) is 55.9 Å². The van der Waals surface area contributed by atoms with Gasteiger partial charge in [-0.1, -0.05) is 6.07 Å². The Morgan fingerprint density at radius 3 is 2.87 bits per heavy atom. The zero-order valence-electron chi connectivity index (χ0n) is 25.4. The van der Waals surface area contributed by atoms with Crippen LogP contribution in [0.25, 0.3) is 16.8 Å². The van der Waals surface area contributed by atoms with Crippen molar-refractivity contribution in [2.75, 3.05) is 43.4 Å². The fraction of sp³-hybridized carbons (Fsp3) is 0.452. The van der Waals surface area contributed by atoms with Gasteiger partial charge in [0.25, 0.3) is 11.8 Å². The van der Waals surface area contributed by atoms with Crippen molar-refractivity contribution in [3.05, 3.63) is 51.9 Å². The van der Waals surface area contributed by atoms with Gasteiger partial charge in [0.1, 0.15) is 23.8 Å². The number of ether oxygens (including phenoxy) is 2. The molecule has 2 atom stereocenters. The Morgan fingerprint density at radius 1 is 1.26 bits per heavy atom. The number of hydrogen-bond donors (Lipinski definition) is 4. The van der Waals surface area contributed by atoms with Gasteiger partial charge < -0.3 is 36.5 Å². The Kier molecular flexibility index (Phi) is 7.98. The SMILES string of the molecule is Cc1nc(OC2COC3(CCNCC3)C2)c(C(=O)N[C@@H]2CCCN(c3cc(-c4ccc(C(N)=O)c(F)c4)n4ncnc(N)c34)C2)s1. The van der Waals surface area contributed by atoms with E-state index < -0.39 is 11.7 Å². The molecule has 3 aliphatic rings. The molecule has 242 valence electrons. The van der Waals surface area contributed by atoms with Crippen LogP contribution in [-0.2, 0) is 4.74 Å². The second kappa shape index (κ2) is 12.1. The van der Waals surface area contributed by atoms with E-state index in [9.17, 15) is 14.0 Å². The van der Waals surface area contributed by atoms with Gasteiger partial charge in [0.2, 0.25) is 5.88 Å². The van der Waals surface area contributed by atoms with Crippen LogP contribution >= 0.6 is 11.3 Å². The Bertz CT molecular complexity index is 1800. The van der Waals surface area contributed by atoms with Crippen LogP contribution in [0.3, 0.4) is 0 Å². The Labute approximate surface area is 268 Å². The number of primary amides is 1. The number of thiazole rings is 1. The number of nitrogens with two attached hydrogens (primary N) is 2. The van der Waals surface area contributed by atoms with Gasteiger partial charge in [-0.25, -0.2) is 18.9 Å². The van der Waals surface area contributed by atoms with Crippen molar-refractivity contribution >= 4 is 40.2 Å². The van der Waals surface area contributed by atoms with Gasteiger partial charge in [-0.3, -0.25) is 9.59 Å². The lowest BCUT2D eigenvalue weighted by Gasteiger charge is -2.34. The van der Waals surface area contributed by atoms with Gasteiger partial charge in [-0.15, -0.1) is 11.3 Å². The second-order valence-corrected chi connectivity index (χ2v) is 13.4. The number of hydrogen-bond acceptors (Lipinski definition) is 11. The van der Waals surface area contributed by atoms with E-state index in [1.807, 2.05) is 13.0 Å². The van der Waals surface area contributed by atoms with Gasteiger partial charge >= 0.3 is 0 Å². The van der Waals surface area contributed by atoms with Crippen LogP contribution in [0.4, 0.5) is 15.9 Å². The van der Waals surface area contributed by atoms with Gasteiger partial charge in [0.05, 0.1) is 34.2 Å². The van der Waals surface area contributed by atoms with Crippen molar-refractivity contribution in [2.45, 2.75) is 56.8 Å². The third-order valence-corrected chi connectivity index (χ3v) is 10.0. The highest BCUT2D eigenvalue weighted by atomic mass is 32.1. The molecule has 6 N–H and O–H groups in total. The number of nitrogen functional groups attached to an aromatic ring is 1. The van der Waals surface area contributed by atoms with Gasteiger partial charge in [-0.2, -0.15) is 5.10 Å². The Morgan fingerprint density at radius 2 is 2.09 bits per heavy atom. The lowest BCUT2D eigenvalue weighted by molar-refractivity contribution is -0.0206. The summed E-state index contributed by atoms with van der Waals surface area (Å²) in [5.74, 6) is -1.17. The van der Waals surface area contributed by atoms with E-state index in [-0.39, 0.29) is 35.0 Å². The van der Waals surface area contributed by atoms with Crippen LogP contribution in [0.2, 0.25) is 0 Å². The summed E-state index contributed by atoms with van der Waals surface area (Å²) in [4.78, 5) is 36.5. The molecule has 0 aliphatic carbocycles. The number of carbonyl (C=O) groups is 2. The molecule has 1 unspecified atom stereocenters. The number of aryl methyl sites for hydroxylation is 1. The normalized spacial score (nSPS) is 21.1. The number of nitrogens with one attached hydrogen (secondary N) is 2. The van der Waals surface area contributed by atoms with Crippen molar-refractivity contribution in [3.63, 3.8) is 0 Å². The number of fused-ring (bicyclic) bond motifs is 1. The predicted molar refractivity (Wildman–Crippen MR) is 171 cm³/mol. The number of nitrogens with zero attached hydrogens (tertiary/aromatic N) is 5. The second-order valence-electron chi connectivity index (χ2n) is 12.2. The molecule has 15 heteroatoms. The molecule has 1 aromatic carbocycles. The van der Waals surface area contributed by atoms with E-state index in [1.54, 1.807) is 10.6 Å². The lowest BCUT2D eigenvalue weighted by Crippen LogP contribution is -2.47. The predicted octanol–water partition coefficient (Wildman–Crippen LogP) is 2.67. The first-order valence-electron chi connectivity index (χ1n) is 15.5. The van der Waals surface area contributed by atoms with Gasteiger partial charge in [0.15, 0.2) is 10.7 Å². The molecule has 7 rings (SSSR count). The number of benzene rings is 1. The van der Waals surface area contributed by atoms with Crippen molar-refractivity contribution in [3.8, 4) is 17.1 Å². The number of aromatic nitrogens is 4. The fourth-order valence-electron chi connectivity index (χ4n) is 6.83. The molecule has 3 saturated heterocycles. The number of amides is 2. The van der Waals surface area contributed by atoms with Crippen molar-refractivity contribution in [1.82, 2.24) is 30.2 Å². The molecule has 3 aliphatic heterocycles. The van der Waals surface area contributed by atoms with Crippen LogP contribution in [-0.4, -0.2) is 81.9 Å². The smallest absolute Gasteiger partial charge is 0.267 e. The molecular formula is C31H36FN9O4S. The molecule has 3 fully saturated rings. The van der Waals surface area contributed by atoms with Crippen LogP contribution in [0.1, 0.15) is 57.1 Å². The summed E-state index contributed by atoms with van der Waals surface area (Å²) >= 11 is 1.32. The summed E-state index contributed by atoms with van der Waals surface area (Å²) in [6.45, 7) is 5.43. The summed E-state index contributed by atoms with van der Waals surface area (Å²) in [6, 6.07) is 5.94. The molecule has 0 bridgehead atoms. The number of carbonyl (C=O) groups excluding carboxylic acids is 2. The minimum Gasteiger partial charge on any atom is -0.471 e. The number of anilines is 2. The molecule has 13 nitrogen and oxygen atoms in total. The Balaban J connectivity index is 1.09. The van der Waals surface area contributed by atoms with Crippen LogP contribution in [0.15, 0.2) is 30.6 Å². The Hall–Kier alpha value is -4.34. The summed E-state index contributed by atoms with van der Waals surface area (Å²) in [5.41, 5.74) is 13.7. The monoisotopic (exact) mass is 649 g/mol. The van der Waals surface area contributed by atoms with Crippen LogP contribution in [0, 0.1) is 12.7 Å². The van der Waals surface area contributed by atoms with E-state index in [2.05, 4.69) is 30.6 Å². The van der Waals surface area contributed by atoms with E-state index in [4.69, 9.17) is 20.9 Å². The zero-order valence-corrected chi connectivity index (χ0v) is 26.2. The summed E-state index contributed by atoms with van der Waals surface area (Å²) < 4.78 is 28.8. The molecular weight excluding hydrogens is 613 g/mol. The van der Waals surface area contributed by atoms with Crippen molar-refractivity contribution in [1.29, 1.82) is 0 Å². The molecule has 2 amide bonds. The molecule has 46 heavy (non-hydrogen) atoms. The highest BCUT2D eigenvalue weighted by Gasteiger charge is 2.43. The highest BCUT2D eigenvalue weighted by molar-refractivity contribution is 7.13. The standard InChI is InChI=1S/C31H36FN9O4S/c1-17-38-30(45-20-13-31(44-15-20)6-8-35-9-7-31)26(46-17)29(43)39-19-3-2-10-40(14-19)24-12-23(41-25(24)27(33)36-16-37-41)18-4-5-21(28(34)42)22(32)11-18/h4-5,11-12,16,19-20,35H,2-3,6-10,13-15H2,1H3,(H2,34,42)(H,39,43)(H2,33,36,37)/t19-,20?/m1/s1. The maximum Gasteiger partial charge on any atom is 0.267 e. The number of rotatable bonds is 7. The summed E-state index contributed by atoms with van der Waals surface area (Å²) in [7, 11) is 0. The average molecular weight is 650 g/mol. The molecule has 0 saturated carbocycles. The van der Waals surface area contributed by atoms with E-state index in [0.29, 0.717) is 47.2 Å². The van der Waals surface area contributed by atoms with Crippen molar-refractivity contribution < 1.29 is 23.5 Å². The zero-order chi connectivity index (χ0) is 32.0. The maximum atomic E-state index is 14.7. The summed E-state index contributed by atoms with van der Waals surface area (Å²) in [5, 5.41) is 11.7. The molecule has 0 radical (unpaired) electrons. The summed E-state index contributed by atoms with van der Waals surface area (Å²) in [6.07, 6.45) is 5.46. The maximum absolute atomic E-state index is 14.7. The molecule has 6 heterocycles. The minimum absolute atomic E-state index is 0.151.